The van der Waals surface area contributed by atoms with Crippen molar-refractivity contribution in [1.82, 2.24) is 4.98 Å². The monoisotopic (exact) mass is 288 g/mol. The molecule has 0 saturated heterocycles. The second kappa shape index (κ2) is 5.34. The van der Waals surface area contributed by atoms with Crippen molar-refractivity contribution in [2.45, 2.75) is 6.61 Å². The Morgan fingerprint density at radius 3 is 2.85 bits per heavy atom. The van der Waals surface area contributed by atoms with Crippen LogP contribution in [0.15, 0.2) is 36.5 Å². The van der Waals surface area contributed by atoms with Crippen molar-refractivity contribution < 1.29 is 14.2 Å². The highest BCUT2D eigenvalue weighted by molar-refractivity contribution is 7.80. The molecule has 3 rings (SSSR count). The summed E-state index contributed by atoms with van der Waals surface area (Å²) in [5, 5.41) is 0. The van der Waals surface area contributed by atoms with E-state index >= 15 is 0 Å². The van der Waals surface area contributed by atoms with E-state index in [0.29, 0.717) is 18.1 Å². The fraction of sp³-hybridized carbons (Fsp3) is 0.143. The van der Waals surface area contributed by atoms with Crippen LogP contribution in [0.1, 0.15) is 11.3 Å². The molecule has 6 heteroatoms. The molecule has 0 fully saturated rings. The maximum atomic E-state index is 5.64. The number of nitrogens with zero attached hydrogens (tertiary/aromatic N) is 1. The van der Waals surface area contributed by atoms with E-state index in [0.717, 1.165) is 17.1 Å². The van der Waals surface area contributed by atoms with E-state index in [9.17, 15) is 0 Å². The maximum absolute atomic E-state index is 5.64. The summed E-state index contributed by atoms with van der Waals surface area (Å²) < 4.78 is 16.2. The summed E-state index contributed by atoms with van der Waals surface area (Å²) in [6, 6.07) is 9.23. The predicted molar refractivity (Wildman–Crippen MR) is 77.0 cm³/mol. The number of pyridine rings is 1. The summed E-state index contributed by atoms with van der Waals surface area (Å²) in [5.41, 5.74) is 7.06. The Hall–Kier alpha value is -2.34. The Morgan fingerprint density at radius 2 is 2.10 bits per heavy atom. The first kappa shape index (κ1) is 12.7. The third kappa shape index (κ3) is 2.65. The molecule has 5 nitrogen and oxygen atoms in total. The van der Waals surface area contributed by atoms with Crippen molar-refractivity contribution in [2.24, 2.45) is 5.73 Å². The highest BCUT2D eigenvalue weighted by Gasteiger charge is 2.13. The minimum atomic E-state index is 0.268. The van der Waals surface area contributed by atoms with Crippen LogP contribution in [0.4, 0.5) is 0 Å². The normalized spacial score (nSPS) is 12.2. The molecule has 1 aliphatic rings. The van der Waals surface area contributed by atoms with Crippen LogP contribution in [-0.2, 0) is 6.61 Å². The zero-order chi connectivity index (χ0) is 13.9. The van der Waals surface area contributed by atoms with E-state index in [1.165, 1.54) is 0 Å². The van der Waals surface area contributed by atoms with Gasteiger partial charge in [-0.1, -0.05) is 18.3 Å². The summed E-state index contributed by atoms with van der Waals surface area (Å²) in [4.78, 5) is 4.38. The molecule has 0 amide bonds. The second-order valence-electron chi connectivity index (χ2n) is 4.22. The van der Waals surface area contributed by atoms with E-state index in [1.807, 2.05) is 18.2 Å². The molecule has 0 aliphatic carbocycles. The Bertz CT molecular complexity index is 643. The summed E-state index contributed by atoms with van der Waals surface area (Å²) >= 11 is 4.84. The number of thiocarbonyl (C=S) groups is 1. The average Bonchev–Trinajstić information content (AvgIpc) is 2.93. The molecular formula is C14H12N2O3S. The van der Waals surface area contributed by atoms with E-state index in [-0.39, 0.29) is 11.8 Å². The van der Waals surface area contributed by atoms with Crippen molar-refractivity contribution in [3.8, 4) is 17.2 Å². The number of nitrogens with two attached hydrogens (primary N) is 1. The van der Waals surface area contributed by atoms with E-state index in [2.05, 4.69) is 4.98 Å². The molecule has 0 radical (unpaired) electrons. The van der Waals surface area contributed by atoms with Gasteiger partial charge in [0.1, 0.15) is 17.3 Å². The van der Waals surface area contributed by atoms with Gasteiger partial charge in [-0.05, 0) is 29.8 Å². The van der Waals surface area contributed by atoms with E-state index in [4.69, 9.17) is 32.2 Å². The molecule has 1 aliphatic heterocycles. The number of aromatic nitrogens is 1. The molecular weight excluding hydrogens is 276 g/mol. The fourth-order valence-electron chi connectivity index (χ4n) is 1.81. The number of hydrogen-bond donors (Lipinski definition) is 1. The quantitative estimate of drug-likeness (QED) is 0.868. The number of hydrogen-bond acceptors (Lipinski definition) is 5. The number of fused-ring (bicyclic) bond motifs is 1. The Morgan fingerprint density at radius 1 is 1.25 bits per heavy atom. The van der Waals surface area contributed by atoms with Gasteiger partial charge in [-0.3, -0.25) is 0 Å². The van der Waals surface area contributed by atoms with Crippen LogP contribution in [0, 0.1) is 0 Å². The van der Waals surface area contributed by atoms with Crippen LogP contribution in [0.25, 0.3) is 0 Å². The third-order valence-corrected chi connectivity index (χ3v) is 3.04. The molecule has 2 heterocycles. The number of rotatable bonds is 4. The lowest BCUT2D eigenvalue weighted by atomic mass is 10.2. The predicted octanol–water partition coefficient (Wildman–Crippen LogP) is 2.02. The van der Waals surface area contributed by atoms with E-state index < -0.39 is 0 Å². The van der Waals surface area contributed by atoms with Crippen molar-refractivity contribution in [3.63, 3.8) is 0 Å². The molecule has 0 unspecified atom stereocenters. The molecule has 0 saturated carbocycles. The van der Waals surface area contributed by atoms with Crippen molar-refractivity contribution in [2.75, 3.05) is 6.79 Å². The summed E-state index contributed by atoms with van der Waals surface area (Å²) in [6.45, 7) is 0.689. The van der Waals surface area contributed by atoms with Crippen LogP contribution in [0.2, 0.25) is 0 Å². The van der Waals surface area contributed by atoms with Gasteiger partial charge < -0.3 is 19.9 Å². The van der Waals surface area contributed by atoms with Crippen molar-refractivity contribution in [1.29, 1.82) is 0 Å². The van der Waals surface area contributed by atoms with Gasteiger partial charge in [-0.25, -0.2) is 4.98 Å². The lowest BCUT2D eigenvalue weighted by Crippen LogP contribution is -2.11. The Labute approximate surface area is 121 Å². The maximum Gasteiger partial charge on any atom is 0.231 e. The molecule has 1 aromatic heterocycles. The van der Waals surface area contributed by atoms with Gasteiger partial charge in [0, 0.05) is 0 Å². The Kier molecular flexibility index (Phi) is 3.39. The number of benzene rings is 1. The van der Waals surface area contributed by atoms with Gasteiger partial charge in [0.25, 0.3) is 0 Å². The first-order valence-corrected chi connectivity index (χ1v) is 6.40. The molecule has 1 aromatic carbocycles. The summed E-state index contributed by atoms with van der Waals surface area (Å²) in [6.07, 6.45) is 1.60. The summed E-state index contributed by atoms with van der Waals surface area (Å²) in [5.74, 6) is 2.16. The lowest BCUT2D eigenvalue weighted by Gasteiger charge is -2.07. The summed E-state index contributed by atoms with van der Waals surface area (Å²) in [7, 11) is 0. The minimum Gasteiger partial charge on any atom is -0.487 e. The zero-order valence-electron chi connectivity index (χ0n) is 10.5. The van der Waals surface area contributed by atoms with Crippen LogP contribution < -0.4 is 19.9 Å². The average molecular weight is 288 g/mol. The topological polar surface area (TPSA) is 66.6 Å². The smallest absolute Gasteiger partial charge is 0.231 e. The molecule has 20 heavy (non-hydrogen) atoms. The molecule has 0 spiro atoms. The van der Waals surface area contributed by atoms with Gasteiger partial charge in [0.15, 0.2) is 11.5 Å². The molecule has 2 aromatic rings. The first-order valence-electron chi connectivity index (χ1n) is 5.99. The van der Waals surface area contributed by atoms with Crippen LogP contribution in [0.5, 0.6) is 17.2 Å². The lowest BCUT2D eigenvalue weighted by molar-refractivity contribution is 0.174. The van der Waals surface area contributed by atoms with Crippen LogP contribution in [0.3, 0.4) is 0 Å². The third-order valence-electron chi connectivity index (χ3n) is 2.83. The Balaban J connectivity index is 1.65. The standard InChI is InChI=1S/C14H12N2O3S/c15-14(20)11-3-2-10(6-16-11)17-7-9-1-4-12-13(5-9)19-8-18-12/h1-6H,7-8H2,(H2,15,20). The van der Waals surface area contributed by atoms with Crippen molar-refractivity contribution in [3.05, 3.63) is 47.8 Å². The molecule has 102 valence electrons. The molecule has 0 atom stereocenters. The molecule has 2 N–H and O–H groups in total. The first-order chi connectivity index (χ1) is 9.72. The van der Waals surface area contributed by atoms with Crippen LogP contribution >= 0.6 is 12.2 Å². The largest absolute Gasteiger partial charge is 0.487 e. The van der Waals surface area contributed by atoms with E-state index in [1.54, 1.807) is 18.3 Å². The van der Waals surface area contributed by atoms with Gasteiger partial charge in [-0.2, -0.15) is 0 Å². The molecule has 0 bridgehead atoms. The van der Waals surface area contributed by atoms with Gasteiger partial charge in [-0.15, -0.1) is 0 Å². The van der Waals surface area contributed by atoms with Crippen molar-refractivity contribution >= 4 is 17.2 Å². The fourth-order valence-corrected chi connectivity index (χ4v) is 1.93. The zero-order valence-corrected chi connectivity index (χ0v) is 11.4. The van der Waals surface area contributed by atoms with Crippen LogP contribution in [-0.4, -0.2) is 16.8 Å². The second-order valence-corrected chi connectivity index (χ2v) is 4.66. The van der Waals surface area contributed by atoms with Gasteiger partial charge >= 0.3 is 0 Å². The van der Waals surface area contributed by atoms with Gasteiger partial charge in [0.05, 0.1) is 11.9 Å². The minimum absolute atomic E-state index is 0.268. The van der Waals surface area contributed by atoms with Gasteiger partial charge in [0.2, 0.25) is 6.79 Å². The SMILES string of the molecule is NC(=S)c1ccc(OCc2ccc3c(c2)OCO3)cn1. The number of ether oxygens (including phenoxy) is 3. The highest BCUT2D eigenvalue weighted by Crippen LogP contribution is 2.32. The highest BCUT2D eigenvalue weighted by atomic mass is 32.1.